The van der Waals surface area contributed by atoms with Gasteiger partial charge in [-0.2, -0.15) is 0 Å². The molecule has 0 bridgehead atoms. The Kier molecular flexibility index (Phi) is 8.96. The van der Waals surface area contributed by atoms with Crippen LogP contribution in [0.5, 0.6) is 17.2 Å². The van der Waals surface area contributed by atoms with Gasteiger partial charge in [-0.1, -0.05) is 18.2 Å². The largest absolute Gasteiger partial charge is 0.497 e. The number of anilines is 2. The minimum atomic E-state index is -0.348. The third-order valence-corrected chi connectivity index (χ3v) is 7.35. The number of nitrogens with one attached hydrogen (secondary N) is 2. The van der Waals surface area contributed by atoms with Crippen molar-refractivity contribution >= 4 is 34.0 Å². The molecule has 202 valence electrons. The van der Waals surface area contributed by atoms with Crippen LogP contribution >= 0.6 is 11.3 Å². The first kappa shape index (κ1) is 27.1. The quantitative estimate of drug-likeness (QED) is 0.349. The number of carbonyl (C=O) groups is 2. The molecule has 0 saturated heterocycles. The van der Waals surface area contributed by atoms with Gasteiger partial charge >= 0.3 is 6.09 Å². The van der Waals surface area contributed by atoms with Crippen LogP contribution in [0.2, 0.25) is 0 Å². The lowest BCUT2D eigenvalue weighted by molar-refractivity contribution is 0.102. The van der Waals surface area contributed by atoms with E-state index < -0.39 is 0 Å². The maximum atomic E-state index is 13.8. The molecule has 0 saturated carbocycles. The lowest BCUT2D eigenvalue weighted by Gasteiger charge is -2.26. The van der Waals surface area contributed by atoms with Gasteiger partial charge in [0.25, 0.3) is 5.91 Å². The highest BCUT2D eigenvalue weighted by molar-refractivity contribution is 7.16. The summed E-state index contributed by atoms with van der Waals surface area (Å²) in [4.78, 5) is 28.8. The Bertz CT molecular complexity index is 1290. The summed E-state index contributed by atoms with van der Waals surface area (Å²) < 4.78 is 21.8. The molecule has 10 heteroatoms. The standard InChI is InChI=1S/C28H33N3O6S/c1-5-36-22-10-8-7-9-18(22)16-29-27-25(20-13-14-31(17-24(20)38-27)28(33)37-6-2)26(32)30-21-15-19(34-3)11-12-23(21)35-4/h7-12,15,29H,5-6,13-14,16-17H2,1-4H3,(H,30,32). The number of hydrogen-bond donors (Lipinski definition) is 2. The second-order valence-electron chi connectivity index (χ2n) is 8.49. The zero-order chi connectivity index (χ0) is 27.1. The van der Waals surface area contributed by atoms with Crippen molar-refractivity contribution in [1.29, 1.82) is 0 Å². The van der Waals surface area contributed by atoms with Crippen molar-refractivity contribution < 1.29 is 28.5 Å². The number of fused-ring (bicyclic) bond motifs is 1. The van der Waals surface area contributed by atoms with Crippen LogP contribution in [0.25, 0.3) is 0 Å². The van der Waals surface area contributed by atoms with Crippen molar-refractivity contribution in [2.45, 2.75) is 33.4 Å². The summed E-state index contributed by atoms with van der Waals surface area (Å²) >= 11 is 1.48. The first-order chi connectivity index (χ1) is 18.5. The molecule has 2 N–H and O–H groups in total. The van der Waals surface area contributed by atoms with E-state index in [0.29, 0.717) is 62.0 Å². The highest BCUT2D eigenvalue weighted by Crippen LogP contribution is 2.39. The summed E-state index contributed by atoms with van der Waals surface area (Å²) in [5, 5.41) is 7.19. The fourth-order valence-electron chi connectivity index (χ4n) is 4.36. The van der Waals surface area contributed by atoms with Crippen LogP contribution in [0.1, 0.15) is 40.2 Å². The van der Waals surface area contributed by atoms with Crippen molar-refractivity contribution in [3.8, 4) is 17.2 Å². The maximum Gasteiger partial charge on any atom is 0.410 e. The molecule has 0 atom stereocenters. The lowest BCUT2D eigenvalue weighted by Crippen LogP contribution is -2.36. The summed E-state index contributed by atoms with van der Waals surface area (Å²) in [5.41, 5.74) is 2.98. The van der Waals surface area contributed by atoms with Crippen LogP contribution in [0.15, 0.2) is 42.5 Å². The Labute approximate surface area is 226 Å². The van der Waals surface area contributed by atoms with E-state index in [2.05, 4.69) is 10.6 Å². The molecule has 0 fully saturated rings. The Morgan fingerprint density at radius 1 is 1.03 bits per heavy atom. The van der Waals surface area contributed by atoms with E-state index in [1.807, 2.05) is 31.2 Å². The molecule has 0 unspecified atom stereocenters. The minimum absolute atomic E-state index is 0.265. The van der Waals surface area contributed by atoms with Crippen LogP contribution < -0.4 is 24.8 Å². The number of methoxy groups -OCH3 is 2. The molecule has 4 rings (SSSR count). The molecule has 0 radical (unpaired) electrons. The van der Waals surface area contributed by atoms with E-state index in [1.54, 1.807) is 44.2 Å². The fraction of sp³-hybridized carbons (Fsp3) is 0.357. The Hall–Kier alpha value is -3.92. The second kappa shape index (κ2) is 12.6. The van der Waals surface area contributed by atoms with E-state index in [1.165, 1.54) is 11.3 Å². The van der Waals surface area contributed by atoms with Gasteiger partial charge in [0.05, 0.1) is 45.2 Å². The number of rotatable bonds is 10. The smallest absolute Gasteiger partial charge is 0.410 e. The summed E-state index contributed by atoms with van der Waals surface area (Å²) in [7, 11) is 3.12. The predicted octanol–water partition coefficient (Wildman–Crippen LogP) is 5.54. The van der Waals surface area contributed by atoms with Gasteiger partial charge in [0.1, 0.15) is 22.2 Å². The summed E-state index contributed by atoms with van der Waals surface area (Å²) in [5.74, 6) is 1.66. The maximum absolute atomic E-state index is 13.8. The molecule has 1 aliphatic rings. The van der Waals surface area contributed by atoms with Gasteiger partial charge < -0.3 is 34.5 Å². The molecule has 2 aromatic carbocycles. The minimum Gasteiger partial charge on any atom is -0.497 e. The number of hydrogen-bond acceptors (Lipinski definition) is 8. The molecule has 0 spiro atoms. The van der Waals surface area contributed by atoms with E-state index in [9.17, 15) is 9.59 Å². The fourth-order valence-corrected chi connectivity index (χ4v) is 5.61. The number of thiophene rings is 1. The average Bonchev–Trinajstić information content (AvgIpc) is 3.30. The molecule has 3 aromatic rings. The number of ether oxygens (including phenoxy) is 4. The number of nitrogens with zero attached hydrogens (tertiary/aromatic N) is 1. The van der Waals surface area contributed by atoms with Gasteiger partial charge in [0.15, 0.2) is 0 Å². The summed E-state index contributed by atoms with van der Waals surface area (Å²) in [6.07, 6.45) is 0.193. The van der Waals surface area contributed by atoms with Crippen molar-refractivity contribution in [1.82, 2.24) is 4.90 Å². The predicted molar refractivity (Wildman–Crippen MR) is 148 cm³/mol. The van der Waals surface area contributed by atoms with Gasteiger partial charge in [-0.25, -0.2) is 4.79 Å². The topological polar surface area (TPSA) is 98.4 Å². The SMILES string of the molecule is CCOC(=O)N1CCc2c(sc(NCc3ccccc3OCC)c2C(=O)Nc2cc(OC)ccc2OC)C1. The van der Waals surface area contributed by atoms with E-state index in [-0.39, 0.29) is 12.0 Å². The van der Waals surface area contributed by atoms with Crippen LogP contribution in [-0.4, -0.2) is 50.9 Å². The van der Waals surface area contributed by atoms with E-state index >= 15 is 0 Å². The molecule has 2 amide bonds. The molecule has 1 aliphatic heterocycles. The zero-order valence-electron chi connectivity index (χ0n) is 22.1. The number of amides is 2. The van der Waals surface area contributed by atoms with Gasteiger partial charge in [-0.3, -0.25) is 4.79 Å². The van der Waals surface area contributed by atoms with Crippen molar-refractivity contribution in [2.24, 2.45) is 0 Å². The van der Waals surface area contributed by atoms with Gasteiger partial charge in [0, 0.05) is 29.6 Å². The Morgan fingerprint density at radius 2 is 1.84 bits per heavy atom. The van der Waals surface area contributed by atoms with Gasteiger partial charge in [-0.05, 0) is 44.0 Å². The first-order valence-corrected chi connectivity index (χ1v) is 13.3. The monoisotopic (exact) mass is 539 g/mol. The van der Waals surface area contributed by atoms with E-state index in [0.717, 1.165) is 26.8 Å². The molecular weight excluding hydrogens is 506 g/mol. The van der Waals surface area contributed by atoms with Gasteiger partial charge in [0.2, 0.25) is 0 Å². The number of benzene rings is 2. The molecular formula is C28H33N3O6S. The first-order valence-electron chi connectivity index (χ1n) is 12.5. The summed E-state index contributed by atoms with van der Waals surface area (Å²) in [6.45, 7) is 5.94. The number of para-hydroxylation sites is 1. The normalized spacial score (nSPS) is 12.4. The van der Waals surface area contributed by atoms with Crippen LogP contribution in [0.3, 0.4) is 0 Å². The highest BCUT2D eigenvalue weighted by atomic mass is 32.1. The molecule has 9 nitrogen and oxygen atoms in total. The lowest BCUT2D eigenvalue weighted by atomic mass is 10.0. The zero-order valence-corrected chi connectivity index (χ0v) is 22.9. The van der Waals surface area contributed by atoms with Crippen molar-refractivity contribution in [2.75, 3.05) is 44.6 Å². The Morgan fingerprint density at radius 3 is 2.58 bits per heavy atom. The third-order valence-electron chi connectivity index (χ3n) is 6.18. The van der Waals surface area contributed by atoms with Gasteiger partial charge in [-0.15, -0.1) is 11.3 Å². The molecule has 2 heterocycles. The van der Waals surface area contributed by atoms with Crippen molar-refractivity contribution in [3.63, 3.8) is 0 Å². The second-order valence-corrected chi connectivity index (χ2v) is 9.60. The Balaban J connectivity index is 1.66. The highest BCUT2D eigenvalue weighted by Gasteiger charge is 2.30. The van der Waals surface area contributed by atoms with Crippen LogP contribution in [0.4, 0.5) is 15.5 Å². The number of carbonyl (C=O) groups excluding carboxylic acids is 2. The third kappa shape index (κ3) is 5.96. The van der Waals surface area contributed by atoms with Crippen LogP contribution in [-0.2, 0) is 24.2 Å². The van der Waals surface area contributed by atoms with Crippen LogP contribution in [0, 0.1) is 0 Å². The van der Waals surface area contributed by atoms with E-state index in [4.69, 9.17) is 18.9 Å². The average molecular weight is 540 g/mol. The van der Waals surface area contributed by atoms with Crippen molar-refractivity contribution in [3.05, 3.63) is 64.0 Å². The summed E-state index contributed by atoms with van der Waals surface area (Å²) in [6, 6.07) is 13.1. The molecule has 1 aromatic heterocycles. The molecule has 38 heavy (non-hydrogen) atoms. The molecule has 0 aliphatic carbocycles.